The molecule has 0 aliphatic carbocycles. The van der Waals surface area contributed by atoms with Crippen molar-refractivity contribution in [2.75, 3.05) is 0 Å². The molecule has 28 heavy (non-hydrogen) atoms. The monoisotopic (exact) mass is 393 g/mol. The van der Waals surface area contributed by atoms with E-state index < -0.39 is 15.7 Å². The van der Waals surface area contributed by atoms with Gasteiger partial charge < -0.3 is 5.11 Å². The highest BCUT2D eigenvalue weighted by Crippen LogP contribution is 2.36. The summed E-state index contributed by atoms with van der Waals surface area (Å²) >= 11 is 0. The van der Waals surface area contributed by atoms with E-state index in [1.54, 1.807) is 54.8 Å². The Morgan fingerprint density at radius 3 is 2.50 bits per heavy atom. The van der Waals surface area contributed by atoms with Crippen LogP contribution in [0, 0.1) is 13.8 Å². The summed E-state index contributed by atoms with van der Waals surface area (Å²) in [6, 6.07) is 13.6. The van der Waals surface area contributed by atoms with Crippen molar-refractivity contribution in [2.45, 2.75) is 24.5 Å². The van der Waals surface area contributed by atoms with E-state index in [0.29, 0.717) is 11.4 Å². The van der Waals surface area contributed by atoms with Gasteiger partial charge in [0.15, 0.2) is 0 Å². The fourth-order valence-corrected chi connectivity index (χ4v) is 4.17. The minimum atomic E-state index is -4.05. The Hall–Kier alpha value is -3.03. The zero-order valence-electron chi connectivity index (χ0n) is 15.4. The van der Waals surface area contributed by atoms with Gasteiger partial charge in [0.2, 0.25) is 11.6 Å². The van der Waals surface area contributed by atoms with Gasteiger partial charge in [0.25, 0.3) is 10.0 Å². The van der Waals surface area contributed by atoms with E-state index in [1.807, 2.05) is 19.9 Å². The number of nitrogens with zero attached hydrogens (tertiary/aromatic N) is 3. The molecule has 1 unspecified atom stereocenters. The Balaban J connectivity index is 1.89. The number of amidine groups is 2. The number of hydrogen-bond acceptors (Lipinski definition) is 4. The molecule has 0 radical (unpaired) electrons. The lowest BCUT2D eigenvalue weighted by Crippen LogP contribution is -2.46. The number of aryl methyl sites for hydroxylation is 2. The molecule has 6 nitrogen and oxygen atoms in total. The molecule has 1 N–H and O–H groups in total. The van der Waals surface area contributed by atoms with Crippen LogP contribution in [0.4, 0.5) is 0 Å². The first kappa shape index (κ1) is 18.3. The third kappa shape index (κ3) is 2.98. The maximum atomic E-state index is 12.9. The average molecular weight is 393 g/mol. The van der Waals surface area contributed by atoms with Gasteiger partial charge >= 0.3 is 0 Å². The molecule has 0 fully saturated rings. The quantitative estimate of drug-likeness (QED) is 0.869. The van der Waals surface area contributed by atoms with Crippen LogP contribution in [0.25, 0.3) is 0 Å². The maximum Gasteiger partial charge on any atom is 0.284 e. The summed E-state index contributed by atoms with van der Waals surface area (Å²) < 4.78 is 29.7. The summed E-state index contributed by atoms with van der Waals surface area (Å²) in [6.07, 6.45) is 6.87. The smallest absolute Gasteiger partial charge is 0.284 e. The Kier molecular flexibility index (Phi) is 4.28. The molecule has 0 saturated heterocycles. The molecule has 7 heteroatoms. The van der Waals surface area contributed by atoms with Crippen molar-refractivity contribution in [1.29, 1.82) is 0 Å². The summed E-state index contributed by atoms with van der Waals surface area (Å²) in [5, 5.41) is 11.6. The standard InChI is InChI=1S/C21H19N3O3S/c1-15-9-11-18(12-10-15)28(26,27)23-20-21(25,17-7-5-6-16(2)14-17)24-13-4-3-8-19(24)22-20/h3-14,25H,1-2H3. The van der Waals surface area contributed by atoms with Gasteiger partial charge in [-0.1, -0.05) is 53.6 Å². The fourth-order valence-electron chi connectivity index (χ4n) is 3.18. The minimum Gasteiger partial charge on any atom is -0.360 e. The molecule has 142 valence electrons. The second-order valence-corrected chi connectivity index (χ2v) is 8.39. The number of aliphatic hydroxyl groups is 1. The fraction of sp³-hybridized carbons (Fsp3) is 0.143. The lowest BCUT2D eigenvalue weighted by atomic mass is 9.98. The minimum absolute atomic E-state index is 0.0494. The van der Waals surface area contributed by atoms with Crippen molar-refractivity contribution in [3.05, 3.63) is 89.6 Å². The topological polar surface area (TPSA) is 82.3 Å². The second kappa shape index (κ2) is 6.54. The van der Waals surface area contributed by atoms with E-state index in [1.165, 1.54) is 17.0 Å². The lowest BCUT2D eigenvalue weighted by Gasteiger charge is -2.33. The molecule has 0 spiro atoms. The Morgan fingerprint density at radius 2 is 1.79 bits per heavy atom. The van der Waals surface area contributed by atoms with Gasteiger partial charge in [0.1, 0.15) is 5.84 Å². The van der Waals surface area contributed by atoms with Gasteiger partial charge in [-0.05, 0) is 38.1 Å². The first-order valence-corrected chi connectivity index (χ1v) is 10.2. The van der Waals surface area contributed by atoms with E-state index in [9.17, 15) is 13.5 Å². The lowest BCUT2D eigenvalue weighted by molar-refractivity contribution is 0.0222. The summed E-state index contributed by atoms with van der Waals surface area (Å²) in [7, 11) is -4.05. The second-order valence-electron chi connectivity index (χ2n) is 6.79. The summed E-state index contributed by atoms with van der Waals surface area (Å²) in [5.74, 6) is 0.231. The number of aliphatic imine (C=N–C) groups is 1. The van der Waals surface area contributed by atoms with Gasteiger partial charge in [0, 0.05) is 11.8 Å². The number of allylic oxidation sites excluding steroid dienone is 2. The molecule has 1 atom stereocenters. The van der Waals surface area contributed by atoms with Crippen LogP contribution in [0.2, 0.25) is 0 Å². The number of sulfonamides is 1. The molecule has 2 aliphatic rings. The van der Waals surface area contributed by atoms with E-state index >= 15 is 0 Å². The molecule has 2 aromatic rings. The molecule has 2 aromatic carbocycles. The molecular weight excluding hydrogens is 374 g/mol. The van der Waals surface area contributed by atoms with Crippen LogP contribution in [0.3, 0.4) is 0 Å². The number of rotatable bonds is 3. The largest absolute Gasteiger partial charge is 0.360 e. The third-order valence-corrected chi connectivity index (χ3v) is 5.95. The van der Waals surface area contributed by atoms with Crippen LogP contribution < -0.4 is 0 Å². The van der Waals surface area contributed by atoms with Gasteiger partial charge in [-0.2, -0.15) is 8.42 Å². The molecule has 0 saturated carbocycles. The predicted octanol–water partition coefficient (Wildman–Crippen LogP) is 3.03. The Labute approximate surface area is 163 Å². The highest BCUT2D eigenvalue weighted by Gasteiger charge is 2.48. The van der Waals surface area contributed by atoms with E-state index in [-0.39, 0.29) is 10.7 Å². The third-order valence-electron chi connectivity index (χ3n) is 4.67. The zero-order chi connectivity index (χ0) is 19.9. The molecule has 4 rings (SSSR count). The van der Waals surface area contributed by atoms with Crippen LogP contribution in [0.5, 0.6) is 0 Å². The van der Waals surface area contributed by atoms with Gasteiger partial charge in [0.05, 0.1) is 4.90 Å². The van der Waals surface area contributed by atoms with Crippen molar-refractivity contribution in [3.63, 3.8) is 0 Å². The average Bonchev–Trinajstić information content (AvgIpc) is 2.95. The number of benzene rings is 2. The number of fused-ring (bicyclic) bond motifs is 1. The highest BCUT2D eigenvalue weighted by atomic mass is 32.2. The molecule has 0 aromatic heterocycles. The van der Waals surface area contributed by atoms with Crippen LogP contribution in [-0.4, -0.2) is 30.1 Å². The summed E-state index contributed by atoms with van der Waals surface area (Å²) in [5.41, 5.74) is 0.539. The van der Waals surface area contributed by atoms with Gasteiger partial charge in [-0.3, -0.25) is 4.90 Å². The van der Waals surface area contributed by atoms with Crippen LogP contribution >= 0.6 is 0 Å². The van der Waals surface area contributed by atoms with Crippen molar-refractivity contribution in [2.24, 2.45) is 9.39 Å². The summed E-state index contributed by atoms with van der Waals surface area (Å²) in [4.78, 5) is 5.89. The van der Waals surface area contributed by atoms with E-state index in [0.717, 1.165) is 11.1 Å². The Morgan fingerprint density at radius 1 is 1.04 bits per heavy atom. The summed E-state index contributed by atoms with van der Waals surface area (Å²) in [6.45, 7) is 3.77. The molecule has 0 bridgehead atoms. The highest BCUT2D eigenvalue weighted by molar-refractivity contribution is 7.90. The predicted molar refractivity (Wildman–Crippen MR) is 108 cm³/mol. The van der Waals surface area contributed by atoms with Gasteiger partial charge in [-0.15, -0.1) is 4.40 Å². The van der Waals surface area contributed by atoms with Crippen molar-refractivity contribution >= 4 is 21.7 Å². The van der Waals surface area contributed by atoms with Crippen molar-refractivity contribution in [1.82, 2.24) is 4.90 Å². The first-order valence-electron chi connectivity index (χ1n) is 8.75. The molecule has 0 amide bonds. The van der Waals surface area contributed by atoms with Crippen molar-refractivity contribution < 1.29 is 13.5 Å². The van der Waals surface area contributed by atoms with Crippen molar-refractivity contribution in [3.8, 4) is 0 Å². The molecule has 2 aliphatic heterocycles. The molecule has 2 heterocycles. The van der Waals surface area contributed by atoms with E-state index in [4.69, 9.17) is 0 Å². The van der Waals surface area contributed by atoms with Crippen LogP contribution in [0.1, 0.15) is 16.7 Å². The van der Waals surface area contributed by atoms with Crippen LogP contribution in [0.15, 0.2) is 87.2 Å². The molecular formula is C21H19N3O3S. The Bertz CT molecular complexity index is 1160. The van der Waals surface area contributed by atoms with Gasteiger partial charge in [-0.25, -0.2) is 4.99 Å². The normalized spacial score (nSPS) is 22.5. The van der Waals surface area contributed by atoms with Crippen LogP contribution in [-0.2, 0) is 15.7 Å². The zero-order valence-corrected chi connectivity index (χ0v) is 16.3. The number of hydrogen-bond donors (Lipinski definition) is 1. The first-order chi connectivity index (χ1) is 13.3. The maximum absolute atomic E-state index is 12.9. The van der Waals surface area contributed by atoms with E-state index in [2.05, 4.69) is 9.39 Å². The SMILES string of the molecule is Cc1ccc(S(=O)(=O)N=C2N=C3C=CC=CN3C2(O)c2cccc(C)c2)cc1.